The van der Waals surface area contributed by atoms with Gasteiger partial charge >= 0.3 is 0 Å². The molecule has 66 valence electrons. The van der Waals surface area contributed by atoms with Crippen LogP contribution in [-0.4, -0.2) is 17.7 Å². The van der Waals surface area contributed by atoms with Gasteiger partial charge in [-0.1, -0.05) is 11.8 Å². The molecule has 0 N–H and O–H groups in total. The first kappa shape index (κ1) is 9.89. The molecule has 4 nitrogen and oxygen atoms in total. The van der Waals surface area contributed by atoms with Gasteiger partial charge in [-0.05, 0) is 11.4 Å². The van der Waals surface area contributed by atoms with Gasteiger partial charge < -0.3 is 0 Å². The molecule has 1 aromatic rings. The molecule has 0 aliphatic heterocycles. The lowest BCUT2D eigenvalue weighted by Gasteiger charge is -1.98. The summed E-state index contributed by atoms with van der Waals surface area (Å²) in [7, 11) is 0. The minimum atomic E-state index is -0.760. The maximum absolute atomic E-state index is 9.93. The predicted octanol–water partition coefficient (Wildman–Crippen LogP) is 1.80. The Balaban J connectivity index is 2.68. The number of thiophene rings is 1. The Bertz CT molecular complexity index is 333. The molecule has 0 bridgehead atoms. The van der Waals surface area contributed by atoms with Crippen molar-refractivity contribution >= 4 is 35.3 Å². The number of thioether (sulfide) groups is 1. The van der Waals surface area contributed by atoms with E-state index in [1.54, 1.807) is 0 Å². The Hall–Kier alpha value is -1.19. The highest BCUT2D eigenvalue weighted by Crippen LogP contribution is 2.26. The maximum atomic E-state index is 9.93. The lowest BCUT2D eigenvalue weighted by Crippen LogP contribution is -1.91. The van der Waals surface area contributed by atoms with E-state index in [4.69, 9.17) is 0 Å². The van der Waals surface area contributed by atoms with Crippen LogP contribution in [0.25, 0.3) is 0 Å². The molecule has 0 fully saturated rings. The predicted molar refractivity (Wildman–Crippen MR) is 50.2 cm³/mol. The molecular formula is C7H4N2O2S2. The number of carbonyl (C=O) groups excluding carboxylic acids is 2. The molecule has 0 saturated heterocycles. The Kier molecular flexibility index (Phi) is 4.15. The smallest absolute Gasteiger partial charge is 0.211 e. The van der Waals surface area contributed by atoms with Crippen molar-refractivity contribution in [2.45, 2.75) is 10.4 Å². The fourth-order valence-electron chi connectivity index (χ4n) is 0.612. The van der Waals surface area contributed by atoms with Gasteiger partial charge in [-0.2, -0.15) is 21.3 Å². The van der Waals surface area contributed by atoms with E-state index in [-0.39, 0.29) is 0 Å². The summed E-state index contributed by atoms with van der Waals surface area (Å²) in [5.74, 6) is 0. The second-order valence-electron chi connectivity index (χ2n) is 1.84. The summed E-state index contributed by atoms with van der Waals surface area (Å²) < 4.78 is 0. The Morgan fingerprint density at radius 2 is 2.08 bits per heavy atom. The highest BCUT2D eigenvalue weighted by Gasteiger charge is 2.06. The number of hydrogen-bond donors (Lipinski definition) is 0. The SMILES string of the molecule is O=C=NC(N=C=O)Sc1ccsc1. The van der Waals surface area contributed by atoms with Crippen LogP contribution in [0.3, 0.4) is 0 Å². The van der Waals surface area contributed by atoms with Crippen LogP contribution in [0.5, 0.6) is 0 Å². The van der Waals surface area contributed by atoms with E-state index in [1.807, 2.05) is 16.8 Å². The summed E-state index contributed by atoms with van der Waals surface area (Å²) >= 11 is 2.71. The van der Waals surface area contributed by atoms with E-state index in [0.717, 1.165) is 4.90 Å². The molecule has 0 atom stereocenters. The van der Waals surface area contributed by atoms with Crippen molar-refractivity contribution in [1.29, 1.82) is 0 Å². The van der Waals surface area contributed by atoms with Crippen molar-refractivity contribution in [2.75, 3.05) is 0 Å². The summed E-state index contributed by atoms with van der Waals surface area (Å²) in [5, 5.41) is 3.76. The molecular weight excluding hydrogens is 208 g/mol. The normalized spacial score (nSPS) is 11.1. The molecule has 0 radical (unpaired) electrons. The topological polar surface area (TPSA) is 58.9 Å². The Labute approximate surface area is 82.4 Å². The van der Waals surface area contributed by atoms with Gasteiger partial charge in [0.1, 0.15) is 0 Å². The molecule has 1 aromatic heterocycles. The fourth-order valence-corrected chi connectivity index (χ4v) is 2.19. The maximum Gasteiger partial charge on any atom is 0.238 e. The number of isocyanates is 2. The van der Waals surface area contributed by atoms with Crippen LogP contribution in [-0.2, 0) is 9.59 Å². The van der Waals surface area contributed by atoms with Gasteiger partial charge in [0.05, 0.1) is 0 Å². The molecule has 0 amide bonds. The van der Waals surface area contributed by atoms with Crippen LogP contribution in [0.2, 0.25) is 0 Å². The highest BCUT2D eigenvalue weighted by atomic mass is 32.2. The van der Waals surface area contributed by atoms with E-state index in [9.17, 15) is 9.59 Å². The quantitative estimate of drug-likeness (QED) is 0.434. The molecule has 0 aliphatic carbocycles. The lowest BCUT2D eigenvalue weighted by molar-refractivity contribution is 0.559. The van der Waals surface area contributed by atoms with Crippen molar-refractivity contribution in [1.82, 2.24) is 0 Å². The van der Waals surface area contributed by atoms with Gasteiger partial charge in [-0.3, -0.25) is 0 Å². The molecule has 0 spiro atoms. The number of rotatable bonds is 4. The first-order valence-corrected chi connectivity index (χ1v) is 5.02. The van der Waals surface area contributed by atoms with Crippen molar-refractivity contribution in [3.8, 4) is 0 Å². The first-order valence-electron chi connectivity index (χ1n) is 3.19. The molecule has 13 heavy (non-hydrogen) atoms. The number of hydrogen-bond acceptors (Lipinski definition) is 6. The molecule has 0 saturated carbocycles. The van der Waals surface area contributed by atoms with Crippen LogP contribution in [0.15, 0.2) is 31.7 Å². The molecule has 1 rings (SSSR count). The number of nitrogens with zero attached hydrogens (tertiary/aromatic N) is 2. The highest BCUT2D eigenvalue weighted by molar-refractivity contribution is 8.00. The molecule has 1 heterocycles. The van der Waals surface area contributed by atoms with Crippen LogP contribution in [0.4, 0.5) is 0 Å². The second kappa shape index (κ2) is 5.45. The summed E-state index contributed by atoms with van der Waals surface area (Å²) in [6.45, 7) is 0. The Morgan fingerprint density at radius 1 is 1.38 bits per heavy atom. The largest absolute Gasteiger partial charge is 0.238 e. The van der Waals surface area contributed by atoms with E-state index < -0.39 is 5.50 Å². The van der Waals surface area contributed by atoms with Crippen molar-refractivity contribution < 1.29 is 9.59 Å². The van der Waals surface area contributed by atoms with E-state index >= 15 is 0 Å². The van der Waals surface area contributed by atoms with Gasteiger partial charge in [0.25, 0.3) is 0 Å². The van der Waals surface area contributed by atoms with Gasteiger partial charge in [0.2, 0.25) is 17.7 Å². The monoisotopic (exact) mass is 212 g/mol. The Morgan fingerprint density at radius 3 is 2.54 bits per heavy atom. The van der Waals surface area contributed by atoms with Crippen molar-refractivity contribution in [2.24, 2.45) is 9.98 Å². The third-order valence-electron chi connectivity index (χ3n) is 1.06. The minimum Gasteiger partial charge on any atom is -0.211 e. The van der Waals surface area contributed by atoms with E-state index in [2.05, 4.69) is 9.98 Å². The minimum absolute atomic E-state index is 0.760. The molecule has 0 aromatic carbocycles. The standard InChI is InChI=1S/C7H4N2O2S2/c10-4-8-7(9-5-11)13-6-1-2-12-3-6/h1-3,7H. The molecule has 0 aliphatic rings. The second-order valence-corrected chi connectivity index (χ2v) is 3.75. The van der Waals surface area contributed by atoms with Crippen molar-refractivity contribution in [3.63, 3.8) is 0 Å². The van der Waals surface area contributed by atoms with E-state index in [0.29, 0.717) is 0 Å². The fraction of sp³-hybridized carbons (Fsp3) is 0.143. The lowest BCUT2D eigenvalue weighted by atomic mass is 10.7. The first-order chi connectivity index (χ1) is 6.36. The van der Waals surface area contributed by atoms with Crippen LogP contribution in [0.1, 0.15) is 0 Å². The molecule has 6 heteroatoms. The van der Waals surface area contributed by atoms with Crippen LogP contribution in [0, 0.1) is 0 Å². The van der Waals surface area contributed by atoms with Gasteiger partial charge in [-0.15, -0.1) is 0 Å². The third-order valence-corrected chi connectivity index (χ3v) is 2.84. The average Bonchev–Trinajstić information content (AvgIpc) is 2.58. The van der Waals surface area contributed by atoms with Gasteiger partial charge in [0.15, 0.2) is 0 Å². The average molecular weight is 212 g/mol. The molecule has 0 unspecified atom stereocenters. The summed E-state index contributed by atoms with van der Waals surface area (Å²) in [6.07, 6.45) is 2.70. The zero-order chi connectivity index (χ0) is 9.52. The zero-order valence-electron chi connectivity index (χ0n) is 6.34. The number of aliphatic imine (C=N–C) groups is 2. The summed E-state index contributed by atoms with van der Waals surface area (Å²) in [5.41, 5.74) is -0.760. The third kappa shape index (κ3) is 3.36. The van der Waals surface area contributed by atoms with Gasteiger partial charge in [0, 0.05) is 10.3 Å². The van der Waals surface area contributed by atoms with Crippen LogP contribution < -0.4 is 0 Å². The van der Waals surface area contributed by atoms with Crippen molar-refractivity contribution in [3.05, 3.63) is 16.8 Å². The van der Waals surface area contributed by atoms with Gasteiger partial charge in [-0.25, -0.2) is 9.59 Å². The van der Waals surface area contributed by atoms with Crippen LogP contribution >= 0.6 is 23.1 Å². The summed E-state index contributed by atoms with van der Waals surface area (Å²) in [6, 6.07) is 1.85. The zero-order valence-corrected chi connectivity index (χ0v) is 7.97. The van der Waals surface area contributed by atoms with E-state index in [1.165, 1.54) is 35.3 Å². The summed E-state index contributed by atoms with van der Waals surface area (Å²) in [4.78, 5) is 27.4.